The molecule has 0 radical (unpaired) electrons. The minimum absolute atomic E-state index is 0.187. The predicted molar refractivity (Wildman–Crippen MR) is 121 cm³/mol. The van der Waals surface area contributed by atoms with Crippen LogP contribution in [0.15, 0.2) is 65.8 Å². The van der Waals surface area contributed by atoms with Gasteiger partial charge < -0.3 is 4.90 Å². The second-order valence-electron chi connectivity index (χ2n) is 7.95. The highest BCUT2D eigenvalue weighted by Gasteiger charge is 2.29. The second kappa shape index (κ2) is 9.47. The number of aromatic nitrogens is 3. The van der Waals surface area contributed by atoms with Gasteiger partial charge in [-0.2, -0.15) is 0 Å². The summed E-state index contributed by atoms with van der Waals surface area (Å²) in [4.78, 5) is 15.0. The molecule has 0 spiro atoms. The Morgan fingerprint density at radius 2 is 1.60 bits per heavy atom. The molecule has 0 bridgehead atoms. The Labute approximate surface area is 182 Å². The average molecular weight is 421 g/mol. The minimum atomic E-state index is 0.187. The lowest BCUT2D eigenvalue weighted by Crippen LogP contribution is -2.48. The predicted octanol–water partition coefficient (Wildman–Crippen LogP) is 4.74. The molecular weight excluding hydrogens is 392 g/mol. The first-order valence-corrected chi connectivity index (χ1v) is 11.6. The fourth-order valence-electron chi connectivity index (χ4n) is 4.24. The molecule has 4 rings (SSSR count). The summed E-state index contributed by atoms with van der Waals surface area (Å²) in [6.07, 6.45) is 4.06. The second-order valence-corrected chi connectivity index (χ2v) is 8.89. The standard InChI is InChI=1S/C24H28N4OS/c1-18-10-9-11-19(2)27(18)23(29)17-30-24-26-25-22(16-20-12-5-3-6-13-20)28(24)21-14-7-4-8-15-21/h3-8,12-15,18-19H,9-11,16-17H2,1-2H3/t18-,19-/m0/s1. The van der Waals surface area contributed by atoms with Gasteiger partial charge in [0.05, 0.1) is 5.75 Å². The molecule has 2 aromatic carbocycles. The molecule has 1 aliphatic rings. The van der Waals surface area contributed by atoms with Crippen LogP contribution in [0.5, 0.6) is 0 Å². The van der Waals surface area contributed by atoms with Crippen LogP contribution in [0.4, 0.5) is 0 Å². The molecule has 1 fully saturated rings. The zero-order chi connectivity index (χ0) is 20.9. The maximum Gasteiger partial charge on any atom is 0.233 e. The Morgan fingerprint density at radius 1 is 0.967 bits per heavy atom. The molecule has 5 nitrogen and oxygen atoms in total. The van der Waals surface area contributed by atoms with Crippen molar-refractivity contribution in [3.63, 3.8) is 0 Å². The van der Waals surface area contributed by atoms with Gasteiger partial charge in [0.15, 0.2) is 5.16 Å². The molecule has 1 amide bonds. The number of thioether (sulfide) groups is 1. The minimum Gasteiger partial charge on any atom is -0.337 e. The molecule has 30 heavy (non-hydrogen) atoms. The summed E-state index contributed by atoms with van der Waals surface area (Å²) in [5.74, 6) is 1.44. The Bertz CT molecular complexity index is 963. The fourth-order valence-corrected chi connectivity index (χ4v) is 5.08. The number of benzene rings is 2. The Balaban J connectivity index is 1.56. The monoisotopic (exact) mass is 420 g/mol. The van der Waals surface area contributed by atoms with E-state index in [1.54, 1.807) is 0 Å². The van der Waals surface area contributed by atoms with Gasteiger partial charge in [0.1, 0.15) is 5.82 Å². The molecule has 0 aliphatic carbocycles. The molecule has 1 aliphatic heterocycles. The van der Waals surface area contributed by atoms with Gasteiger partial charge in [-0.1, -0.05) is 60.3 Å². The van der Waals surface area contributed by atoms with E-state index in [1.165, 1.54) is 23.7 Å². The Hall–Kier alpha value is -2.60. The number of para-hydroxylation sites is 1. The van der Waals surface area contributed by atoms with Crippen LogP contribution in [-0.2, 0) is 11.2 Å². The van der Waals surface area contributed by atoms with Gasteiger partial charge in [-0.25, -0.2) is 0 Å². The van der Waals surface area contributed by atoms with Crippen molar-refractivity contribution in [1.82, 2.24) is 19.7 Å². The van der Waals surface area contributed by atoms with Crippen molar-refractivity contribution < 1.29 is 4.79 Å². The molecule has 0 saturated carbocycles. The van der Waals surface area contributed by atoms with E-state index in [-0.39, 0.29) is 5.91 Å². The van der Waals surface area contributed by atoms with Crippen LogP contribution >= 0.6 is 11.8 Å². The van der Waals surface area contributed by atoms with E-state index < -0.39 is 0 Å². The molecular formula is C24H28N4OS. The highest BCUT2D eigenvalue weighted by molar-refractivity contribution is 7.99. The molecule has 2 atom stereocenters. The summed E-state index contributed by atoms with van der Waals surface area (Å²) in [6.45, 7) is 4.31. The quantitative estimate of drug-likeness (QED) is 0.541. The van der Waals surface area contributed by atoms with Crippen LogP contribution in [0.25, 0.3) is 5.69 Å². The van der Waals surface area contributed by atoms with Crippen LogP contribution in [0.2, 0.25) is 0 Å². The molecule has 0 unspecified atom stereocenters. The zero-order valence-electron chi connectivity index (χ0n) is 17.6. The van der Waals surface area contributed by atoms with E-state index in [0.29, 0.717) is 24.3 Å². The first-order valence-electron chi connectivity index (χ1n) is 10.6. The third-order valence-corrected chi connectivity index (χ3v) is 6.64. The van der Waals surface area contributed by atoms with Gasteiger partial charge in [-0.05, 0) is 50.8 Å². The maximum absolute atomic E-state index is 13.0. The molecule has 1 saturated heterocycles. The number of nitrogens with zero attached hydrogens (tertiary/aromatic N) is 4. The van der Waals surface area contributed by atoms with Crippen LogP contribution in [-0.4, -0.2) is 43.4 Å². The first-order chi connectivity index (χ1) is 14.6. The smallest absolute Gasteiger partial charge is 0.233 e. The zero-order valence-corrected chi connectivity index (χ0v) is 18.4. The molecule has 156 valence electrons. The number of hydrogen-bond donors (Lipinski definition) is 0. The fraction of sp³-hybridized carbons (Fsp3) is 0.375. The van der Waals surface area contributed by atoms with Crippen molar-refractivity contribution in [2.45, 2.75) is 56.8 Å². The SMILES string of the molecule is C[C@H]1CCC[C@H](C)N1C(=O)CSc1nnc(Cc2ccccc2)n1-c1ccccc1. The average Bonchev–Trinajstić information content (AvgIpc) is 3.16. The van der Waals surface area contributed by atoms with E-state index in [2.05, 4.69) is 57.8 Å². The topological polar surface area (TPSA) is 51.0 Å². The first kappa shape index (κ1) is 20.7. The summed E-state index contributed by atoms with van der Waals surface area (Å²) in [5.41, 5.74) is 2.20. The number of carbonyl (C=O) groups is 1. The number of piperidine rings is 1. The number of rotatable bonds is 6. The number of carbonyl (C=O) groups excluding carboxylic acids is 1. The summed E-state index contributed by atoms with van der Waals surface area (Å²) >= 11 is 1.48. The molecule has 6 heteroatoms. The van der Waals surface area contributed by atoms with Gasteiger partial charge in [0.2, 0.25) is 5.91 Å². The van der Waals surface area contributed by atoms with Crippen molar-refractivity contribution in [2.75, 3.05) is 5.75 Å². The summed E-state index contributed by atoms with van der Waals surface area (Å²) in [5, 5.41) is 9.69. The van der Waals surface area contributed by atoms with Crippen molar-refractivity contribution in [3.05, 3.63) is 72.1 Å². The highest BCUT2D eigenvalue weighted by Crippen LogP contribution is 2.27. The lowest BCUT2D eigenvalue weighted by Gasteiger charge is -2.39. The van der Waals surface area contributed by atoms with E-state index in [1.807, 2.05) is 36.4 Å². The van der Waals surface area contributed by atoms with Crippen molar-refractivity contribution in [1.29, 1.82) is 0 Å². The normalized spacial score (nSPS) is 19.1. The van der Waals surface area contributed by atoms with Crippen LogP contribution in [0, 0.1) is 0 Å². The third kappa shape index (κ3) is 4.59. The summed E-state index contributed by atoms with van der Waals surface area (Å²) in [7, 11) is 0. The highest BCUT2D eigenvalue weighted by atomic mass is 32.2. The van der Waals surface area contributed by atoms with Gasteiger partial charge in [-0.3, -0.25) is 9.36 Å². The number of hydrogen-bond acceptors (Lipinski definition) is 4. The lowest BCUT2D eigenvalue weighted by molar-refractivity contribution is -0.134. The van der Waals surface area contributed by atoms with Gasteiger partial charge in [-0.15, -0.1) is 10.2 Å². The lowest BCUT2D eigenvalue weighted by atomic mass is 9.98. The summed E-state index contributed by atoms with van der Waals surface area (Å²) in [6, 6.07) is 21.0. The van der Waals surface area contributed by atoms with Gasteiger partial charge in [0.25, 0.3) is 0 Å². The van der Waals surface area contributed by atoms with E-state index in [0.717, 1.165) is 29.5 Å². The Morgan fingerprint density at radius 3 is 2.27 bits per heavy atom. The van der Waals surface area contributed by atoms with E-state index >= 15 is 0 Å². The van der Waals surface area contributed by atoms with Gasteiger partial charge >= 0.3 is 0 Å². The van der Waals surface area contributed by atoms with Crippen LogP contribution in [0.1, 0.15) is 44.5 Å². The maximum atomic E-state index is 13.0. The van der Waals surface area contributed by atoms with Crippen molar-refractivity contribution in [2.24, 2.45) is 0 Å². The van der Waals surface area contributed by atoms with Crippen LogP contribution in [0.3, 0.4) is 0 Å². The van der Waals surface area contributed by atoms with Crippen molar-refractivity contribution >= 4 is 17.7 Å². The van der Waals surface area contributed by atoms with Gasteiger partial charge in [0, 0.05) is 24.2 Å². The van der Waals surface area contributed by atoms with Crippen LogP contribution < -0.4 is 0 Å². The van der Waals surface area contributed by atoms with E-state index in [4.69, 9.17) is 0 Å². The number of likely N-dealkylation sites (tertiary alicyclic amines) is 1. The summed E-state index contributed by atoms with van der Waals surface area (Å²) < 4.78 is 2.08. The molecule has 1 aromatic heterocycles. The van der Waals surface area contributed by atoms with Crippen molar-refractivity contribution in [3.8, 4) is 5.69 Å². The molecule has 2 heterocycles. The Kier molecular flexibility index (Phi) is 6.53. The molecule has 0 N–H and O–H groups in total. The molecule has 3 aromatic rings. The largest absolute Gasteiger partial charge is 0.337 e. The van der Waals surface area contributed by atoms with E-state index in [9.17, 15) is 4.79 Å². The number of amides is 1. The third-order valence-electron chi connectivity index (χ3n) is 5.73.